The maximum atomic E-state index is 11.2. The first-order valence-corrected chi connectivity index (χ1v) is 9.78. The quantitative estimate of drug-likeness (QED) is 0.727. The zero-order chi connectivity index (χ0) is 18.6. The summed E-state index contributed by atoms with van der Waals surface area (Å²) in [5, 5.41) is 6.54. The highest BCUT2D eigenvalue weighted by molar-refractivity contribution is 5.79. The second-order valence-electron chi connectivity index (χ2n) is 9.08. The van der Waals surface area contributed by atoms with Crippen LogP contribution in [0, 0.1) is 35.5 Å². The highest BCUT2D eigenvalue weighted by Crippen LogP contribution is 2.32. The van der Waals surface area contributed by atoms with E-state index in [1.54, 1.807) is 0 Å². The average Bonchev–Trinajstić information content (AvgIpc) is 3.03. The minimum absolute atomic E-state index is 0. The van der Waals surface area contributed by atoms with Crippen molar-refractivity contribution in [1.29, 1.82) is 0 Å². The largest absolute Gasteiger partial charge is 0.386 e. The molecular weight excluding hydrogens is 308 g/mol. The van der Waals surface area contributed by atoms with Crippen LogP contribution < -0.4 is 10.6 Å². The van der Waals surface area contributed by atoms with E-state index in [1.807, 2.05) is 0 Å². The molecule has 0 aliphatic carbocycles. The minimum Gasteiger partial charge on any atom is -0.386 e. The SMILES string of the molecule is C.C=C1CC(C(C)C)C(C(C)C)N1.CC(C)C1CC(=O)NC1C(C)C. The predicted octanol–water partition coefficient (Wildman–Crippen LogP) is 5.23. The minimum atomic E-state index is 0. The summed E-state index contributed by atoms with van der Waals surface area (Å²) in [6.07, 6.45) is 1.89. The van der Waals surface area contributed by atoms with Gasteiger partial charge < -0.3 is 10.6 Å². The number of carbonyl (C=O) groups excluding carboxylic acids is 1. The lowest BCUT2D eigenvalue weighted by molar-refractivity contribution is -0.119. The van der Waals surface area contributed by atoms with Crippen molar-refractivity contribution in [1.82, 2.24) is 10.6 Å². The van der Waals surface area contributed by atoms with Gasteiger partial charge in [-0.3, -0.25) is 4.79 Å². The zero-order valence-electron chi connectivity index (χ0n) is 17.1. The Morgan fingerprint density at radius 3 is 1.48 bits per heavy atom. The van der Waals surface area contributed by atoms with Crippen molar-refractivity contribution in [2.45, 2.75) is 87.7 Å². The molecule has 2 aliphatic heterocycles. The summed E-state index contributed by atoms with van der Waals surface area (Å²) >= 11 is 0. The van der Waals surface area contributed by atoms with Crippen molar-refractivity contribution >= 4 is 5.91 Å². The smallest absolute Gasteiger partial charge is 0.220 e. The third-order valence-electron chi connectivity index (χ3n) is 5.67. The van der Waals surface area contributed by atoms with Gasteiger partial charge in [0.05, 0.1) is 0 Å². The standard InChI is InChI=1S/C11H21N.C10H19NO.CH4/c1-7(2)10-6-9(5)12-11(10)8(3)4;1-6(2)8-5-9(12)11-10(8)7(3)4;/h7-8,10-12H,5-6H2,1-4H3;6-8,10H,5H2,1-4H3,(H,11,12);1H4. The molecule has 0 radical (unpaired) electrons. The molecule has 2 heterocycles. The molecule has 4 atom stereocenters. The first-order chi connectivity index (χ1) is 11.0. The van der Waals surface area contributed by atoms with Gasteiger partial charge in [0.2, 0.25) is 5.91 Å². The van der Waals surface area contributed by atoms with Crippen molar-refractivity contribution in [3.05, 3.63) is 12.3 Å². The van der Waals surface area contributed by atoms with Gasteiger partial charge in [-0.25, -0.2) is 0 Å². The van der Waals surface area contributed by atoms with Crippen LogP contribution in [0.4, 0.5) is 0 Å². The van der Waals surface area contributed by atoms with Crippen LogP contribution in [0.1, 0.15) is 75.7 Å². The van der Waals surface area contributed by atoms with Crippen LogP contribution in [-0.2, 0) is 4.79 Å². The molecule has 0 aromatic heterocycles. The Hall–Kier alpha value is -0.990. The molecule has 3 nitrogen and oxygen atoms in total. The molecule has 4 unspecified atom stereocenters. The Labute approximate surface area is 157 Å². The van der Waals surface area contributed by atoms with E-state index in [0.29, 0.717) is 29.8 Å². The molecule has 2 rings (SSSR count). The Morgan fingerprint density at radius 1 is 0.760 bits per heavy atom. The van der Waals surface area contributed by atoms with E-state index < -0.39 is 0 Å². The molecule has 0 saturated carbocycles. The monoisotopic (exact) mass is 352 g/mol. The molecule has 0 aromatic rings. The normalized spacial score (nSPS) is 28.8. The van der Waals surface area contributed by atoms with Crippen molar-refractivity contribution in [2.75, 3.05) is 0 Å². The lowest BCUT2D eigenvalue weighted by Gasteiger charge is -2.25. The van der Waals surface area contributed by atoms with E-state index in [0.717, 1.165) is 24.2 Å². The van der Waals surface area contributed by atoms with Gasteiger partial charge >= 0.3 is 0 Å². The number of rotatable bonds is 4. The molecule has 25 heavy (non-hydrogen) atoms. The molecule has 0 bridgehead atoms. The van der Waals surface area contributed by atoms with Gasteiger partial charge in [0.25, 0.3) is 0 Å². The van der Waals surface area contributed by atoms with E-state index in [-0.39, 0.29) is 13.3 Å². The lowest BCUT2D eigenvalue weighted by atomic mass is 9.83. The van der Waals surface area contributed by atoms with Crippen molar-refractivity contribution in [3.63, 3.8) is 0 Å². The van der Waals surface area contributed by atoms with Gasteiger partial charge in [0, 0.05) is 24.2 Å². The van der Waals surface area contributed by atoms with Gasteiger partial charge in [-0.1, -0.05) is 69.4 Å². The fourth-order valence-electron chi connectivity index (χ4n) is 4.13. The molecular formula is C22H44N2O. The van der Waals surface area contributed by atoms with Gasteiger partial charge in [0.15, 0.2) is 0 Å². The molecule has 2 N–H and O–H groups in total. The molecule has 2 saturated heterocycles. The number of hydrogen-bond acceptors (Lipinski definition) is 2. The fraction of sp³-hybridized carbons (Fsp3) is 0.864. The van der Waals surface area contributed by atoms with E-state index in [2.05, 4.69) is 72.6 Å². The Kier molecular flexibility index (Phi) is 9.82. The molecule has 2 fully saturated rings. The second kappa shape index (κ2) is 10.2. The van der Waals surface area contributed by atoms with Crippen molar-refractivity contribution < 1.29 is 4.79 Å². The van der Waals surface area contributed by atoms with Gasteiger partial charge in [-0.15, -0.1) is 0 Å². The van der Waals surface area contributed by atoms with Crippen molar-refractivity contribution in [3.8, 4) is 0 Å². The van der Waals surface area contributed by atoms with Gasteiger partial charge in [0.1, 0.15) is 0 Å². The topological polar surface area (TPSA) is 41.1 Å². The number of nitrogens with one attached hydrogen (secondary N) is 2. The Bertz CT molecular complexity index is 350. The predicted molar refractivity (Wildman–Crippen MR) is 110 cm³/mol. The molecule has 148 valence electrons. The number of allylic oxidation sites excluding steroid dienone is 1. The van der Waals surface area contributed by atoms with Crippen LogP contribution in [-0.4, -0.2) is 18.0 Å². The maximum Gasteiger partial charge on any atom is 0.220 e. The number of hydrogen-bond donors (Lipinski definition) is 2. The summed E-state index contributed by atoms with van der Waals surface area (Å²) in [5.74, 6) is 4.21. The molecule has 1 amide bonds. The van der Waals surface area contributed by atoms with E-state index in [1.165, 1.54) is 12.1 Å². The van der Waals surface area contributed by atoms with Crippen LogP contribution in [0.25, 0.3) is 0 Å². The lowest BCUT2D eigenvalue weighted by Crippen LogP contribution is -2.35. The summed E-state index contributed by atoms with van der Waals surface area (Å²) in [6.45, 7) is 21.9. The van der Waals surface area contributed by atoms with Crippen molar-refractivity contribution in [2.24, 2.45) is 35.5 Å². The summed E-state index contributed by atoms with van der Waals surface area (Å²) in [6, 6.07) is 1.05. The zero-order valence-corrected chi connectivity index (χ0v) is 17.1. The highest BCUT2D eigenvalue weighted by Gasteiger charge is 2.35. The Balaban J connectivity index is 0.000000443. The Morgan fingerprint density at radius 2 is 1.16 bits per heavy atom. The highest BCUT2D eigenvalue weighted by atomic mass is 16.2. The molecule has 2 aliphatic rings. The number of carbonyl (C=O) groups is 1. The molecule has 3 heteroatoms. The van der Waals surface area contributed by atoms with Crippen LogP contribution in [0.15, 0.2) is 12.3 Å². The summed E-state index contributed by atoms with van der Waals surface area (Å²) in [7, 11) is 0. The third-order valence-corrected chi connectivity index (χ3v) is 5.67. The van der Waals surface area contributed by atoms with Crippen LogP contribution in [0.5, 0.6) is 0 Å². The summed E-state index contributed by atoms with van der Waals surface area (Å²) < 4.78 is 0. The third kappa shape index (κ3) is 6.67. The van der Waals surface area contributed by atoms with Gasteiger partial charge in [-0.2, -0.15) is 0 Å². The van der Waals surface area contributed by atoms with Crippen LogP contribution >= 0.6 is 0 Å². The average molecular weight is 353 g/mol. The fourth-order valence-corrected chi connectivity index (χ4v) is 4.13. The number of amides is 1. The van der Waals surface area contributed by atoms with Crippen LogP contribution in [0.2, 0.25) is 0 Å². The summed E-state index contributed by atoms with van der Waals surface area (Å²) in [4.78, 5) is 11.2. The van der Waals surface area contributed by atoms with Gasteiger partial charge in [-0.05, 0) is 41.9 Å². The summed E-state index contributed by atoms with van der Waals surface area (Å²) in [5.41, 5.74) is 1.23. The van der Waals surface area contributed by atoms with E-state index in [9.17, 15) is 4.79 Å². The maximum absolute atomic E-state index is 11.2. The molecule has 0 aromatic carbocycles. The first kappa shape index (κ1) is 24.0. The second-order valence-corrected chi connectivity index (χ2v) is 9.08. The molecule has 0 spiro atoms. The van der Waals surface area contributed by atoms with Crippen LogP contribution in [0.3, 0.4) is 0 Å². The van der Waals surface area contributed by atoms with E-state index in [4.69, 9.17) is 0 Å². The first-order valence-electron chi connectivity index (χ1n) is 9.78. The van der Waals surface area contributed by atoms with E-state index >= 15 is 0 Å².